The maximum Gasteiger partial charge on any atom is 0.154 e. The van der Waals surface area contributed by atoms with E-state index in [1.165, 1.54) is 0 Å². The first-order valence-electron chi connectivity index (χ1n) is 5.12. The van der Waals surface area contributed by atoms with Gasteiger partial charge in [-0.05, 0) is 6.42 Å². The van der Waals surface area contributed by atoms with E-state index < -0.39 is 31.8 Å². The summed E-state index contributed by atoms with van der Waals surface area (Å²) in [5.41, 5.74) is 0. The second-order valence-corrected chi connectivity index (χ2v) is 8.90. The van der Waals surface area contributed by atoms with Crippen LogP contribution in [0.3, 0.4) is 0 Å². The minimum absolute atomic E-state index is 0.0380. The highest BCUT2D eigenvalue weighted by molar-refractivity contribution is 7.92. The number of nitrogens with one attached hydrogen (secondary N) is 1. The highest BCUT2D eigenvalue weighted by atomic mass is 32.2. The third-order valence-corrected chi connectivity index (χ3v) is 6.49. The molecule has 0 amide bonds. The molecule has 0 spiro atoms. The Labute approximate surface area is 94.9 Å². The van der Waals surface area contributed by atoms with Crippen LogP contribution in [0.4, 0.5) is 0 Å². The normalized spacial score (nSPS) is 41.2. The predicted octanol–water partition coefficient (Wildman–Crippen LogP) is -2.08. The maximum absolute atomic E-state index is 11.2. The molecular formula is C8H15NO5S2. The number of rotatable bonds is 2. The smallest absolute Gasteiger partial charge is 0.154 e. The molecule has 0 radical (unpaired) electrons. The summed E-state index contributed by atoms with van der Waals surface area (Å²) in [5, 5.41) is 12.5. The van der Waals surface area contributed by atoms with Crippen molar-refractivity contribution in [2.45, 2.75) is 24.6 Å². The summed E-state index contributed by atoms with van der Waals surface area (Å²) < 4.78 is 44.9. The molecular weight excluding hydrogens is 254 g/mol. The topological polar surface area (TPSA) is 101 Å². The molecule has 8 heteroatoms. The van der Waals surface area contributed by atoms with E-state index in [0.29, 0.717) is 6.42 Å². The number of sulfone groups is 2. The van der Waals surface area contributed by atoms with E-state index in [4.69, 9.17) is 0 Å². The van der Waals surface area contributed by atoms with Crippen LogP contribution in [-0.4, -0.2) is 63.1 Å². The average Bonchev–Trinajstić information content (AvgIpc) is 2.53. The molecule has 0 saturated carbocycles. The van der Waals surface area contributed by atoms with Crippen molar-refractivity contribution in [3.8, 4) is 0 Å². The van der Waals surface area contributed by atoms with Gasteiger partial charge in [-0.1, -0.05) is 0 Å². The Morgan fingerprint density at radius 3 is 2.12 bits per heavy atom. The zero-order chi connectivity index (χ0) is 12.0. The molecule has 0 aromatic heterocycles. The SMILES string of the molecule is O=S1(=O)CC[C@@H](N[C@@H]2CS(=O)(=O)C[C@H]2O)C1. The van der Waals surface area contributed by atoms with Crippen LogP contribution in [0.5, 0.6) is 0 Å². The van der Waals surface area contributed by atoms with Gasteiger partial charge in [-0.15, -0.1) is 0 Å². The van der Waals surface area contributed by atoms with Gasteiger partial charge < -0.3 is 10.4 Å². The Morgan fingerprint density at radius 2 is 1.69 bits per heavy atom. The zero-order valence-corrected chi connectivity index (χ0v) is 10.3. The van der Waals surface area contributed by atoms with Gasteiger partial charge in [-0.2, -0.15) is 0 Å². The van der Waals surface area contributed by atoms with Gasteiger partial charge in [0, 0.05) is 12.1 Å². The number of hydrogen-bond donors (Lipinski definition) is 2. The second-order valence-electron chi connectivity index (χ2n) is 4.52. The lowest BCUT2D eigenvalue weighted by Crippen LogP contribution is -2.45. The monoisotopic (exact) mass is 269 g/mol. The first-order valence-corrected chi connectivity index (χ1v) is 8.77. The molecule has 0 bridgehead atoms. The molecule has 6 nitrogen and oxygen atoms in total. The Bertz CT molecular complexity index is 469. The molecule has 0 aliphatic carbocycles. The van der Waals surface area contributed by atoms with Crippen molar-refractivity contribution in [3.63, 3.8) is 0 Å². The van der Waals surface area contributed by atoms with E-state index in [9.17, 15) is 21.9 Å². The predicted molar refractivity (Wildman–Crippen MR) is 58.6 cm³/mol. The highest BCUT2D eigenvalue weighted by Crippen LogP contribution is 2.17. The van der Waals surface area contributed by atoms with Crippen molar-refractivity contribution < 1.29 is 21.9 Å². The van der Waals surface area contributed by atoms with Gasteiger partial charge in [0.1, 0.15) is 0 Å². The summed E-state index contributed by atoms with van der Waals surface area (Å²) >= 11 is 0. The number of hydrogen-bond acceptors (Lipinski definition) is 6. The minimum Gasteiger partial charge on any atom is -0.390 e. The lowest BCUT2D eigenvalue weighted by Gasteiger charge is -2.19. The van der Waals surface area contributed by atoms with Crippen molar-refractivity contribution in [3.05, 3.63) is 0 Å². The molecule has 16 heavy (non-hydrogen) atoms. The van der Waals surface area contributed by atoms with Crippen LogP contribution in [0.1, 0.15) is 6.42 Å². The molecule has 2 aliphatic heterocycles. The molecule has 0 unspecified atom stereocenters. The summed E-state index contributed by atoms with van der Waals surface area (Å²) in [6.45, 7) is 0. The first-order chi connectivity index (χ1) is 7.27. The van der Waals surface area contributed by atoms with Gasteiger partial charge in [-0.25, -0.2) is 16.8 Å². The molecule has 0 aromatic carbocycles. The van der Waals surface area contributed by atoms with Gasteiger partial charge in [0.25, 0.3) is 0 Å². The largest absolute Gasteiger partial charge is 0.390 e. The van der Waals surface area contributed by atoms with Crippen LogP contribution in [0.15, 0.2) is 0 Å². The maximum atomic E-state index is 11.2. The molecule has 2 fully saturated rings. The molecule has 0 aromatic rings. The third kappa shape index (κ3) is 2.73. The van der Waals surface area contributed by atoms with Gasteiger partial charge in [-0.3, -0.25) is 0 Å². The molecule has 94 valence electrons. The fourth-order valence-electron chi connectivity index (χ4n) is 2.22. The van der Waals surface area contributed by atoms with Crippen molar-refractivity contribution >= 4 is 19.7 Å². The van der Waals surface area contributed by atoms with Gasteiger partial charge >= 0.3 is 0 Å². The Hall–Kier alpha value is -0.180. The average molecular weight is 269 g/mol. The molecule has 2 N–H and O–H groups in total. The molecule has 3 atom stereocenters. The summed E-state index contributed by atoms with van der Waals surface area (Å²) in [7, 11) is -6.15. The van der Waals surface area contributed by atoms with Crippen molar-refractivity contribution in [1.82, 2.24) is 5.32 Å². The summed E-state index contributed by atoms with van der Waals surface area (Å²) in [6.07, 6.45) is -0.431. The van der Waals surface area contributed by atoms with Crippen LogP contribution in [0, 0.1) is 0 Å². The Morgan fingerprint density at radius 1 is 1.00 bits per heavy atom. The van der Waals surface area contributed by atoms with E-state index in [2.05, 4.69) is 5.32 Å². The highest BCUT2D eigenvalue weighted by Gasteiger charge is 2.39. The van der Waals surface area contributed by atoms with Gasteiger partial charge in [0.15, 0.2) is 19.7 Å². The summed E-state index contributed by atoms with van der Waals surface area (Å²) in [4.78, 5) is 0. The standard InChI is InChI=1S/C8H15NO5S2/c10-8-5-16(13,14)4-7(8)9-6-1-2-15(11,12)3-6/h6-10H,1-5H2/t6-,7-,8-/m1/s1. The van der Waals surface area contributed by atoms with E-state index in [0.717, 1.165) is 0 Å². The van der Waals surface area contributed by atoms with E-state index >= 15 is 0 Å². The van der Waals surface area contributed by atoms with Crippen molar-refractivity contribution in [2.75, 3.05) is 23.0 Å². The van der Waals surface area contributed by atoms with E-state index in [1.54, 1.807) is 0 Å². The zero-order valence-electron chi connectivity index (χ0n) is 8.66. The van der Waals surface area contributed by atoms with E-state index in [-0.39, 0.29) is 29.1 Å². The molecule has 2 heterocycles. The van der Waals surface area contributed by atoms with Gasteiger partial charge in [0.05, 0.1) is 29.1 Å². The van der Waals surface area contributed by atoms with E-state index in [1.807, 2.05) is 0 Å². The lowest BCUT2D eigenvalue weighted by atomic mass is 10.1. The molecule has 2 saturated heterocycles. The summed E-state index contributed by atoms with van der Waals surface area (Å²) in [6, 6.07) is -0.749. The minimum atomic E-state index is -3.18. The van der Waals surface area contributed by atoms with Crippen LogP contribution < -0.4 is 5.32 Å². The lowest BCUT2D eigenvalue weighted by molar-refractivity contribution is 0.160. The molecule has 2 aliphatic rings. The van der Waals surface area contributed by atoms with Crippen LogP contribution in [0.2, 0.25) is 0 Å². The Balaban J connectivity index is 1.97. The van der Waals surface area contributed by atoms with Crippen molar-refractivity contribution in [2.24, 2.45) is 0 Å². The number of aliphatic hydroxyl groups excluding tert-OH is 1. The van der Waals surface area contributed by atoms with Crippen LogP contribution in [-0.2, 0) is 19.7 Å². The van der Waals surface area contributed by atoms with Crippen LogP contribution in [0.25, 0.3) is 0 Å². The fraction of sp³-hybridized carbons (Fsp3) is 1.00. The molecule has 2 rings (SSSR count). The quantitative estimate of drug-likeness (QED) is 0.597. The van der Waals surface area contributed by atoms with Crippen LogP contribution >= 0.6 is 0 Å². The fourth-order valence-corrected chi connectivity index (χ4v) is 5.66. The van der Waals surface area contributed by atoms with Crippen molar-refractivity contribution in [1.29, 1.82) is 0 Å². The second kappa shape index (κ2) is 3.94. The first kappa shape index (κ1) is 12.3. The third-order valence-electron chi connectivity index (χ3n) is 3.00. The summed E-state index contributed by atoms with van der Waals surface area (Å²) in [5.74, 6) is -0.161. The van der Waals surface area contributed by atoms with Gasteiger partial charge in [0.2, 0.25) is 0 Å². The number of aliphatic hydroxyl groups is 1. The Kier molecular flexibility index (Phi) is 3.02.